The van der Waals surface area contributed by atoms with Crippen LogP contribution in [0.2, 0.25) is 10.0 Å². The lowest BCUT2D eigenvalue weighted by Crippen LogP contribution is -2.19. The van der Waals surface area contributed by atoms with Crippen LogP contribution in [0.3, 0.4) is 0 Å². The Kier molecular flexibility index (Phi) is 4.70. The van der Waals surface area contributed by atoms with Crippen molar-refractivity contribution in [2.75, 3.05) is 14.2 Å². The molecule has 0 aliphatic rings. The Balaban J connectivity index is 2.57. The van der Waals surface area contributed by atoms with Gasteiger partial charge in [-0.25, -0.2) is 0 Å². The molecule has 0 saturated carbocycles. The van der Waals surface area contributed by atoms with Gasteiger partial charge in [-0.2, -0.15) is 0 Å². The van der Waals surface area contributed by atoms with Crippen molar-refractivity contribution in [3.8, 4) is 5.75 Å². The molecule has 0 fully saturated rings. The zero-order chi connectivity index (χ0) is 13.8. The van der Waals surface area contributed by atoms with Gasteiger partial charge in [0.25, 0.3) is 0 Å². The smallest absolute Gasteiger partial charge is 0.123 e. The van der Waals surface area contributed by atoms with E-state index in [0.717, 1.165) is 16.9 Å². The van der Waals surface area contributed by atoms with Gasteiger partial charge in [0.05, 0.1) is 13.2 Å². The molecular formula is C15H15Cl2NO. The van der Waals surface area contributed by atoms with Crippen LogP contribution in [0, 0.1) is 0 Å². The third-order valence-electron chi connectivity index (χ3n) is 3.03. The fourth-order valence-electron chi connectivity index (χ4n) is 2.15. The van der Waals surface area contributed by atoms with Crippen molar-refractivity contribution in [2.24, 2.45) is 0 Å². The van der Waals surface area contributed by atoms with Crippen molar-refractivity contribution < 1.29 is 4.74 Å². The maximum atomic E-state index is 6.28. The molecule has 0 heterocycles. The number of ether oxygens (including phenoxy) is 1. The van der Waals surface area contributed by atoms with E-state index in [2.05, 4.69) is 5.32 Å². The van der Waals surface area contributed by atoms with E-state index in [1.165, 1.54) is 0 Å². The van der Waals surface area contributed by atoms with Crippen LogP contribution in [-0.2, 0) is 0 Å². The second-order valence-corrected chi connectivity index (χ2v) is 4.91. The molecule has 2 rings (SSSR count). The van der Waals surface area contributed by atoms with Crippen molar-refractivity contribution in [3.63, 3.8) is 0 Å². The van der Waals surface area contributed by atoms with Crippen LogP contribution in [0.5, 0.6) is 5.75 Å². The van der Waals surface area contributed by atoms with Gasteiger partial charge < -0.3 is 10.1 Å². The molecule has 0 aliphatic heterocycles. The van der Waals surface area contributed by atoms with E-state index in [9.17, 15) is 0 Å². The third-order valence-corrected chi connectivity index (χ3v) is 3.69. The van der Waals surface area contributed by atoms with E-state index in [4.69, 9.17) is 27.9 Å². The van der Waals surface area contributed by atoms with E-state index in [-0.39, 0.29) is 6.04 Å². The summed E-state index contributed by atoms with van der Waals surface area (Å²) in [5.41, 5.74) is 1.86. The minimum Gasteiger partial charge on any atom is -0.496 e. The number of methoxy groups -OCH3 is 1. The molecule has 1 atom stereocenters. The topological polar surface area (TPSA) is 21.3 Å². The summed E-state index contributed by atoms with van der Waals surface area (Å²) in [7, 11) is 3.52. The highest BCUT2D eigenvalue weighted by molar-refractivity contribution is 6.36. The van der Waals surface area contributed by atoms with Crippen LogP contribution in [0.1, 0.15) is 17.2 Å². The first kappa shape index (κ1) is 14.2. The van der Waals surface area contributed by atoms with Gasteiger partial charge in [-0.3, -0.25) is 0 Å². The zero-order valence-corrected chi connectivity index (χ0v) is 12.3. The Hall–Kier alpha value is -1.22. The van der Waals surface area contributed by atoms with Crippen molar-refractivity contribution in [1.29, 1.82) is 0 Å². The highest BCUT2D eigenvalue weighted by Crippen LogP contribution is 2.37. The average Bonchev–Trinajstić information content (AvgIpc) is 2.43. The summed E-state index contributed by atoms with van der Waals surface area (Å²) >= 11 is 12.6. The number of para-hydroxylation sites is 1. The molecule has 1 N–H and O–H groups in total. The van der Waals surface area contributed by atoms with Gasteiger partial charge in [-0.05, 0) is 25.2 Å². The molecule has 0 spiro atoms. The standard InChI is InChI=1S/C15H15Cl2NO/c1-18-15(10-6-3-4-9-13(10)19-2)14-11(16)7-5-8-12(14)17/h3-9,15,18H,1-2H3. The van der Waals surface area contributed by atoms with Gasteiger partial charge in [0.15, 0.2) is 0 Å². The zero-order valence-electron chi connectivity index (χ0n) is 10.8. The molecule has 0 radical (unpaired) electrons. The first-order valence-corrected chi connectivity index (χ1v) is 6.68. The minimum atomic E-state index is -0.114. The number of nitrogens with one attached hydrogen (secondary N) is 1. The van der Waals surface area contributed by atoms with Gasteiger partial charge in [-0.15, -0.1) is 0 Å². The lowest BCUT2D eigenvalue weighted by Gasteiger charge is -2.21. The molecule has 0 amide bonds. The third kappa shape index (κ3) is 2.86. The Bertz CT molecular complexity index is 552. The van der Waals surface area contributed by atoms with Crippen LogP contribution in [0.25, 0.3) is 0 Å². The predicted octanol–water partition coefficient (Wildman–Crippen LogP) is 4.31. The van der Waals surface area contributed by atoms with Crippen molar-refractivity contribution >= 4 is 23.2 Å². The fraction of sp³-hybridized carbons (Fsp3) is 0.200. The molecule has 2 aromatic carbocycles. The normalized spacial score (nSPS) is 12.2. The molecule has 0 aromatic heterocycles. The van der Waals surface area contributed by atoms with E-state index in [0.29, 0.717) is 10.0 Å². The SMILES string of the molecule is CNC(c1ccccc1OC)c1c(Cl)cccc1Cl. The molecule has 100 valence electrons. The molecular weight excluding hydrogens is 281 g/mol. The fourth-order valence-corrected chi connectivity index (χ4v) is 2.76. The van der Waals surface area contributed by atoms with Crippen molar-refractivity contribution in [3.05, 3.63) is 63.6 Å². The Morgan fingerprint density at radius 3 is 2.21 bits per heavy atom. The number of hydrogen-bond donors (Lipinski definition) is 1. The van der Waals surface area contributed by atoms with Gasteiger partial charge in [-0.1, -0.05) is 47.5 Å². The Morgan fingerprint density at radius 2 is 1.63 bits per heavy atom. The molecule has 0 aliphatic carbocycles. The Morgan fingerprint density at radius 1 is 1.00 bits per heavy atom. The van der Waals surface area contributed by atoms with Crippen LogP contribution in [-0.4, -0.2) is 14.2 Å². The predicted molar refractivity (Wildman–Crippen MR) is 80.4 cm³/mol. The molecule has 19 heavy (non-hydrogen) atoms. The van der Waals surface area contributed by atoms with Crippen LogP contribution < -0.4 is 10.1 Å². The van der Waals surface area contributed by atoms with Crippen LogP contribution in [0.4, 0.5) is 0 Å². The van der Waals surface area contributed by atoms with E-state index >= 15 is 0 Å². The minimum absolute atomic E-state index is 0.114. The second-order valence-electron chi connectivity index (χ2n) is 4.10. The summed E-state index contributed by atoms with van der Waals surface area (Å²) in [4.78, 5) is 0. The number of rotatable bonds is 4. The summed E-state index contributed by atoms with van der Waals surface area (Å²) in [6.07, 6.45) is 0. The van der Waals surface area contributed by atoms with Gasteiger partial charge in [0.1, 0.15) is 5.75 Å². The summed E-state index contributed by atoms with van der Waals surface area (Å²) in [5, 5.41) is 4.52. The van der Waals surface area contributed by atoms with Gasteiger partial charge >= 0.3 is 0 Å². The van der Waals surface area contributed by atoms with E-state index in [1.54, 1.807) is 7.11 Å². The quantitative estimate of drug-likeness (QED) is 0.907. The molecule has 2 nitrogen and oxygen atoms in total. The summed E-state index contributed by atoms with van der Waals surface area (Å²) in [5.74, 6) is 0.804. The number of benzene rings is 2. The maximum absolute atomic E-state index is 6.28. The highest BCUT2D eigenvalue weighted by Gasteiger charge is 2.21. The second kappa shape index (κ2) is 6.29. The molecule has 2 aromatic rings. The monoisotopic (exact) mass is 295 g/mol. The number of hydrogen-bond acceptors (Lipinski definition) is 2. The molecule has 0 saturated heterocycles. The highest BCUT2D eigenvalue weighted by atomic mass is 35.5. The largest absolute Gasteiger partial charge is 0.496 e. The van der Waals surface area contributed by atoms with Crippen LogP contribution >= 0.6 is 23.2 Å². The lowest BCUT2D eigenvalue weighted by molar-refractivity contribution is 0.405. The molecule has 0 bridgehead atoms. The Labute approximate surface area is 123 Å². The molecule has 1 unspecified atom stereocenters. The van der Waals surface area contributed by atoms with Gasteiger partial charge in [0.2, 0.25) is 0 Å². The van der Waals surface area contributed by atoms with Crippen LogP contribution in [0.15, 0.2) is 42.5 Å². The number of halogens is 2. The van der Waals surface area contributed by atoms with E-state index in [1.807, 2.05) is 49.5 Å². The first-order chi connectivity index (χ1) is 9.19. The van der Waals surface area contributed by atoms with Gasteiger partial charge in [0, 0.05) is 21.2 Å². The van der Waals surface area contributed by atoms with Crippen molar-refractivity contribution in [2.45, 2.75) is 6.04 Å². The molecule has 4 heteroatoms. The summed E-state index contributed by atoms with van der Waals surface area (Å²) in [6.45, 7) is 0. The summed E-state index contributed by atoms with van der Waals surface area (Å²) < 4.78 is 5.40. The maximum Gasteiger partial charge on any atom is 0.123 e. The van der Waals surface area contributed by atoms with Crippen molar-refractivity contribution in [1.82, 2.24) is 5.32 Å². The first-order valence-electron chi connectivity index (χ1n) is 5.93. The summed E-state index contributed by atoms with van der Waals surface area (Å²) in [6, 6.07) is 13.2. The van der Waals surface area contributed by atoms with E-state index < -0.39 is 0 Å². The lowest BCUT2D eigenvalue weighted by atomic mass is 9.98. The average molecular weight is 296 g/mol.